The molecule has 1 saturated heterocycles. The summed E-state index contributed by atoms with van der Waals surface area (Å²) in [6.07, 6.45) is 10.7. The first kappa shape index (κ1) is 26.8. The van der Waals surface area contributed by atoms with Crippen LogP contribution in [0.2, 0.25) is 0 Å². The van der Waals surface area contributed by atoms with E-state index in [9.17, 15) is 4.79 Å². The molecule has 0 unspecified atom stereocenters. The fraction of sp³-hybridized carbons (Fsp3) is 0.226. The average molecular weight is 536 g/mol. The zero-order valence-electron chi connectivity index (χ0n) is 22.8. The number of aromatic nitrogens is 4. The Morgan fingerprint density at radius 2 is 2.00 bits per heavy atom. The highest BCUT2D eigenvalue weighted by molar-refractivity contribution is 5.98. The number of fused-ring (bicyclic) bond motifs is 1. The van der Waals surface area contributed by atoms with Crippen molar-refractivity contribution in [3.63, 3.8) is 0 Å². The van der Waals surface area contributed by atoms with E-state index in [0.717, 1.165) is 59.6 Å². The molecule has 0 bridgehead atoms. The van der Waals surface area contributed by atoms with Gasteiger partial charge in [0, 0.05) is 66.9 Å². The van der Waals surface area contributed by atoms with Crippen LogP contribution in [0, 0.1) is 0 Å². The van der Waals surface area contributed by atoms with E-state index in [1.54, 1.807) is 24.7 Å². The summed E-state index contributed by atoms with van der Waals surface area (Å²) < 4.78 is 5.97. The number of anilines is 2. The minimum atomic E-state index is 0.0337. The molecule has 1 amide bonds. The summed E-state index contributed by atoms with van der Waals surface area (Å²) in [7, 11) is 2.08. The van der Waals surface area contributed by atoms with Crippen LogP contribution in [0.1, 0.15) is 28.7 Å². The van der Waals surface area contributed by atoms with Crippen molar-refractivity contribution in [2.45, 2.75) is 13.5 Å². The summed E-state index contributed by atoms with van der Waals surface area (Å²) in [6, 6.07) is 13.5. The number of hydrogen-bond acceptors (Lipinski definition) is 7. The molecule has 0 radical (unpaired) electrons. The Balaban J connectivity index is 1.28. The van der Waals surface area contributed by atoms with Gasteiger partial charge in [-0.2, -0.15) is 0 Å². The van der Waals surface area contributed by atoms with Gasteiger partial charge in [-0.1, -0.05) is 18.7 Å². The number of pyridine rings is 1. The van der Waals surface area contributed by atoms with Crippen molar-refractivity contribution >= 4 is 34.0 Å². The van der Waals surface area contributed by atoms with Gasteiger partial charge in [0.05, 0.1) is 5.69 Å². The molecule has 0 spiro atoms. The maximum Gasteiger partial charge on any atom is 0.270 e. The lowest BCUT2D eigenvalue weighted by Gasteiger charge is -2.32. The Hall–Kier alpha value is -4.76. The monoisotopic (exact) mass is 535 g/mol. The predicted octanol–water partition coefficient (Wildman–Crippen LogP) is 5.17. The van der Waals surface area contributed by atoms with Crippen molar-refractivity contribution in [2.75, 3.05) is 38.5 Å². The van der Waals surface area contributed by atoms with Gasteiger partial charge in [-0.05, 0) is 68.1 Å². The number of aromatic amines is 1. The van der Waals surface area contributed by atoms with E-state index in [1.165, 1.54) is 0 Å². The molecule has 1 aromatic carbocycles. The lowest BCUT2D eigenvalue weighted by molar-refractivity contribution is 0.0659. The molecule has 1 aliphatic heterocycles. The number of piperazine rings is 1. The predicted molar refractivity (Wildman–Crippen MR) is 158 cm³/mol. The Bertz CT molecular complexity index is 1550. The van der Waals surface area contributed by atoms with Crippen molar-refractivity contribution in [2.24, 2.45) is 0 Å². The van der Waals surface area contributed by atoms with Crippen molar-refractivity contribution < 1.29 is 9.53 Å². The number of benzene rings is 1. The molecule has 204 valence electrons. The van der Waals surface area contributed by atoms with Crippen LogP contribution in [0.3, 0.4) is 0 Å². The van der Waals surface area contributed by atoms with E-state index in [2.05, 4.69) is 38.8 Å². The fourth-order valence-electron chi connectivity index (χ4n) is 4.46. The third-order valence-electron chi connectivity index (χ3n) is 6.73. The maximum absolute atomic E-state index is 13.0. The quantitative estimate of drug-likeness (QED) is 0.225. The number of likely N-dealkylation sites (N-methyl/N-ethyl adjacent to an activating group) is 1. The van der Waals surface area contributed by atoms with Crippen LogP contribution in [0.25, 0.3) is 16.5 Å². The molecule has 1 aliphatic rings. The number of allylic oxidation sites excluding steroid dienone is 4. The number of carbonyl (C=O) groups excluding carboxylic acids is 1. The number of nitrogens with zero attached hydrogens (tertiary/aromatic N) is 5. The molecule has 0 saturated carbocycles. The number of nitrogens with one attached hydrogen (secondary N) is 2. The smallest absolute Gasteiger partial charge is 0.270 e. The van der Waals surface area contributed by atoms with E-state index in [-0.39, 0.29) is 5.91 Å². The van der Waals surface area contributed by atoms with Crippen LogP contribution < -0.4 is 5.32 Å². The van der Waals surface area contributed by atoms with E-state index in [0.29, 0.717) is 24.0 Å². The number of carbonyl (C=O) groups is 1. The molecule has 9 nitrogen and oxygen atoms in total. The van der Waals surface area contributed by atoms with Gasteiger partial charge in [0.2, 0.25) is 5.95 Å². The summed E-state index contributed by atoms with van der Waals surface area (Å²) in [6.45, 7) is 9.42. The molecule has 0 atom stereocenters. The number of hydrogen-bond donors (Lipinski definition) is 2. The topological polar surface area (TPSA) is 99.3 Å². The Morgan fingerprint density at radius 3 is 2.77 bits per heavy atom. The van der Waals surface area contributed by atoms with Crippen LogP contribution in [0.15, 0.2) is 91.6 Å². The number of H-pyrrole nitrogens is 1. The van der Waals surface area contributed by atoms with Gasteiger partial charge in [0.25, 0.3) is 5.91 Å². The molecule has 0 aliphatic carbocycles. The molecule has 2 N–H and O–H groups in total. The Kier molecular flexibility index (Phi) is 8.32. The second-order valence-electron chi connectivity index (χ2n) is 9.75. The zero-order chi connectivity index (χ0) is 27.9. The Morgan fingerprint density at radius 1 is 1.15 bits per heavy atom. The number of amides is 1. The minimum absolute atomic E-state index is 0.0337. The van der Waals surface area contributed by atoms with E-state index in [4.69, 9.17) is 9.72 Å². The fourth-order valence-corrected chi connectivity index (χ4v) is 4.46. The molecule has 40 heavy (non-hydrogen) atoms. The van der Waals surface area contributed by atoms with Crippen LogP contribution in [-0.2, 0) is 11.3 Å². The van der Waals surface area contributed by atoms with Gasteiger partial charge in [-0.3, -0.25) is 9.78 Å². The molecule has 5 rings (SSSR count). The third kappa shape index (κ3) is 6.62. The molecule has 4 aromatic rings. The second-order valence-corrected chi connectivity index (χ2v) is 9.75. The van der Waals surface area contributed by atoms with Crippen molar-refractivity contribution in [3.05, 3.63) is 109 Å². The van der Waals surface area contributed by atoms with Crippen LogP contribution >= 0.6 is 0 Å². The van der Waals surface area contributed by atoms with Gasteiger partial charge in [-0.25, -0.2) is 9.97 Å². The highest BCUT2D eigenvalue weighted by atomic mass is 16.5. The second kappa shape index (κ2) is 12.4. The summed E-state index contributed by atoms with van der Waals surface area (Å²) >= 11 is 0. The normalized spacial score (nSPS) is 14.8. The number of ether oxygens (including phenoxy) is 1. The molecular formula is C31H33N7O2. The summed E-state index contributed by atoms with van der Waals surface area (Å²) in [4.78, 5) is 33.6. The van der Waals surface area contributed by atoms with Crippen LogP contribution in [0.4, 0.5) is 11.6 Å². The molecule has 1 fully saturated rings. The first-order chi connectivity index (χ1) is 19.5. The van der Waals surface area contributed by atoms with Crippen molar-refractivity contribution in [3.8, 4) is 0 Å². The largest absolute Gasteiger partial charge is 0.489 e. The lowest BCUT2D eigenvalue weighted by atomic mass is 10.2. The van der Waals surface area contributed by atoms with E-state index < -0.39 is 0 Å². The molecular weight excluding hydrogens is 502 g/mol. The molecule has 9 heteroatoms. The van der Waals surface area contributed by atoms with Gasteiger partial charge >= 0.3 is 0 Å². The number of rotatable bonds is 9. The summed E-state index contributed by atoms with van der Waals surface area (Å²) in [5, 5.41) is 4.23. The SMILES string of the molecule is C=C/C=C(\C=C(/C)c1ccnc(Nc2ccc3[nH]c(C(=O)N4CCN(C)CC4)cc3c2)n1)OCc1cccnc1. The first-order valence-corrected chi connectivity index (χ1v) is 13.2. The highest BCUT2D eigenvalue weighted by Gasteiger charge is 2.21. The van der Waals surface area contributed by atoms with E-state index in [1.807, 2.05) is 66.4 Å². The van der Waals surface area contributed by atoms with Crippen LogP contribution in [-0.4, -0.2) is 68.9 Å². The van der Waals surface area contributed by atoms with Gasteiger partial charge in [0.1, 0.15) is 18.1 Å². The maximum atomic E-state index is 13.0. The van der Waals surface area contributed by atoms with Crippen LogP contribution in [0.5, 0.6) is 0 Å². The lowest BCUT2D eigenvalue weighted by Crippen LogP contribution is -2.47. The highest BCUT2D eigenvalue weighted by Crippen LogP contribution is 2.24. The zero-order valence-corrected chi connectivity index (χ0v) is 22.8. The van der Waals surface area contributed by atoms with Crippen molar-refractivity contribution in [1.82, 2.24) is 29.7 Å². The van der Waals surface area contributed by atoms with Crippen molar-refractivity contribution in [1.29, 1.82) is 0 Å². The van der Waals surface area contributed by atoms with Gasteiger partial charge in [-0.15, -0.1) is 0 Å². The van der Waals surface area contributed by atoms with Gasteiger partial charge < -0.3 is 24.8 Å². The third-order valence-corrected chi connectivity index (χ3v) is 6.73. The first-order valence-electron chi connectivity index (χ1n) is 13.2. The average Bonchev–Trinajstić information content (AvgIpc) is 3.40. The van der Waals surface area contributed by atoms with Gasteiger partial charge in [0.15, 0.2) is 0 Å². The Labute approximate surface area is 233 Å². The molecule has 3 aromatic heterocycles. The van der Waals surface area contributed by atoms with E-state index >= 15 is 0 Å². The standard InChI is InChI=1S/C31H33N7O2/c1-4-6-26(40-21-23-7-5-11-32-20-23)17-22(2)27-10-12-33-31(36-27)34-25-8-9-28-24(18-25)19-29(35-28)30(39)38-15-13-37(3)14-16-38/h4-12,17-20,35H,1,13-16,21H2,2-3H3,(H,33,34,36)/b22-17+,26-6+. The summed E-state index contributed by atoms with van der Waals surface area (Å²) in [5.74, 6) is 1.18. The molecule has 4 heterocycles. The summed E-state index contributed by atoms with van der Waals surface area (Å²) in [5.41, 5.74) is 5.00. The minimum Gasteiger partial charge on any atom is -0.489 e.